The van der Waals surface area contributed by atoms with Crippen molar-refractivity contribution in [1.82, 2.24) is 5.32 Å². The molecule has 0 fully saturated rings. The quantitative estimate of drug-likeness (QED) is 0.279. The predicted molar refractivity (Wildman–Crippen MR) is 148 cm³/mol. The van der Waals surface area contributed by atoms with E-state index in [-0.39, 0.29) is 30.5 Å². The van der Waals surface area contributed by atoms with Gasteiger partial charge in [0.2, 0.25) is 0 Å². The molecular weight excluding hydrogens is 470 g/mol. The molecule has 3 atom stereocenters. The Morgan fingerprint density at radius 3 is 2.61 bits per heavy atom. The molecule has 5 heteroatoms. The van der Waals surface area contributed by atoms with Gasteiger partial charge in [-0.05, 0) is 72.8 Å². The molecule has 1 aliphatic rings. The summed E-state index contributed by atoms with van der Waals surface area (Å²) >= 11 is 0. The molecule has 5 rings (SSSR count). The molecule has 1 heterocycles. The maximum absolute atomic E-state index is 11.7. The van der Waals surface area contributed by atoms with Crippen LogP contribution in [0.3, 0.4) is 0 Å². The Balaban J connectivity index is 0.00000304. The van der Waals surface area contributed by atoms with Crippen LogP contribution in [0.2, 0.25) is 0 Å². The van der Waals surface area contributed by atoms with Crippen LogP contribution in [0.5, 0.6) is 5.75 Å². The Morgan fingerprint density at radius 1 is 1.03 bits per heavy atom. The largest absolute Gasteiger partial charge is 0.490 e. The Morgan fingerprint density at radius 2 is 1.78 bits per heavy atom. The molecule has 0 spiro atoms. The molecule has 0 bridgehead atoms. The van der Waals surface area contributed by atoms with E-state index in [9.17, 15) is 9.90 Å². The number of carboxylic acids is 1. The van der Waals surface area contributed by atoms with Gasteiger partial charge in [0.1, 0.15) is 11.9 Å². The minimum atomic E-state index is -0.882. The van der Waals surface area contributed by atoms with Gasteiger partial charge in [-0.15, -0.1) is 12.4 Å². The number of carboxylic acid groups (broad SMARTS) is 1. The predicted octanol–water partition coefficient (Wildman–Crippen LogP) is 7.29. The SMILES string of the molecule is Cc1ccc([C@H]2C[C@@H](CCN[C@H](C)c3cccc4ccccc34)Oc3ccccc32)cc1C(=O)O.Cl. The fraction of sp³-hybridized carbons (Fsp3) is 0.258. The number of nitrogens with one attached hydrogen (secondary N) is 1. The van der Waals surface area contributed by atoms with Crippen LogP contribution in [0.1, 0.15) is 64.3 Å². The van der Waals surface area contributed by atoms with E-state index >= 15 is 0 Å². The summed E-state index contributed by atoms with van der Waals surface area (Å²) in [6.45, 7) is 4.89. The summed E-state index contributed by atoms with van der Waals surface area (Å²) in [4.78, 5) is 11.7. The summed E-state index contributed by atoms with van der Waals surface area (Å²) in [6.07, 6.45) is 1.75. The highest BCUT2D eigenvalue weighted by molar-refractivity contribution is 5.89. The molecule has 0 aliphatic carbocycles. The van der Waals surface area contributed by atoms with E-state index in [0.717, 1.165) is 41.8 Å². The Hall–Kier alpha value is -3.34. The van der Waals surface area contributed by atoms with Crippen LogP contribution in [0, 0.1) is 6.92 Å². The van der Waals surface area contributed by atoms with E-state index in [4.69, 9.17) is 4.74 Å². The molecule has 0 amide bonds. The van der Waals surface area contributed by atoms with Crippen molar-refractivity contribution < 1.29 is 14.6 Å². The van der Waals surface area contributed by atoms with Crippen molar-refractivity contribution in [1.29, 1.82) is 0 Å². The van der Waals surface area contributed by atoms with Gasteiger partial charge in [0.05, 0.1) is 5.56 Å². The van der Waals surface area contributed by atoms with Crippen molar-refractivity contribution >= 4 is 29.1 Å². The number of aromatic carboxylic acids is 1. The van der Waals surface area contributed by atoms with Gasteiger partial charge in [-0.3, -0.25) is 0 Å². The molecule has 4 nitrogen and oxygen atoms in total. The van der Waals surface area contributed by atoms with Gasteiger partial charge in [0, 0.05) is 17.5 Å². The maximum Gasteiger partial charge on any atom is 0.335 e. The molecule has 0 saturated heterocycles. The lowest BCUT2D eigenvalue weighted by molar-refractivity contribution is 0.0696. The Kier molecular flexibility index (Phi) is 7.97. The molecule has 0 saturated carbocycles. The minimum Gasteiger partial charge on any atom is -0.490 e. The average Bonchev–Trinajstić information content (AvgIpc) is 2.88. The van der Waals surface area contributed by atoms with E-state index in [0.29, 0.717) is 5.56 Å². The smallest absolute Gasteiger partial charge is 0.335 e. The van der Waals surface area contributed by atoms with Crippen molar-refractivity contribution in [3.05, 3.63) is 113 Å². The summed E-state index contributed by atoms with van der Waals surface area (Å²) in [5, 5.41) is 15.9. The van der Waals surface area contributed by atoms with Gasteiger partial charge in [0.15, 0.2) is 0 Å². The first kappa shape index (κ1) is 25.7. The highest BCUT2D eigenvalue weighted by Crippen LogP contribution is 2.41. The molecule has 0 aromatic heterocycles. The van der Waals surface area contributed by atoms with Gasteiger partial charge < -0.3 is 15.2 Å². The number of ether oxygens (including phenoxy) is 1. The zero-order valence-corrected chi connectivity index (χ0v) is 21.4. The van der Waals surface area contributed by atoms with Crippen LogP contribution in [-0.2, 0) is 0 Å². The average molecular weight is 502 g/mol. The molecule has 2 N–H and O–H groups in total. The number of halogens is 1. The van der Waals surface area contributed by atoms with Crippen LogP contribution in [0.4, 0.5) is 0 Å². The number of carbonyl (C=O) groups is 1. The van der Waals surface area contributed by atoms with E-state index in [1.54, 1.807) is 0 Å². The van der Waals surface area contributed by atoms with Gasteiger partial charge in [-0.25, -0.2) is 4.79 Å². The minimum absolute atomic E-state index is 0. The van der Waals surface area contributed by atoms with Crippen molar-refractivity contribution in [2.45, 2.75) is 44.8 Å². The van der Waals surface area contributed by atoms with Gasteiger partial charge >= 0.3 is 5.97 Å². The van der Waals surface area contributed by atoms with Crippen LogP contribution < -0.4 is 10.1 Å². The summed E-state index contributed by atoms with van der Waals surface area (Å²) in [6, 6.07) is 29.1. The second kappa shape index (κ2) is 11.2. The maximum atomic E-state index is 11.7. The van der Waals surface area contributed by atoms with E-state index in [1.165, 1.54) is 16.3 Å². The monoisotopic (exact) mass is 501 g/mol. The zero-order valence-electron chi connectivity index (χ0n) is 20.6. The fourth-order valence-electron chi connectivity index (χ4n) is 5.27. The summed E-state index contributed by atoms with van der Waals surface area (Å²) < 4.78 is 6.39. The lowest BCUT2D eigenvalue weighted by atomic mass is 9.82. The van der Waals surface area contributed by atoms with E-state index in [2.05, 4.69) is 66.8 Å². The second-order valence-electron chi connectivity index (χ2n) is 9.48. The van der Waals surface area contributed by atoms with Crippen LogP contribution >= 0.6 is 12.4 Å². The van der Waals surface area contributed by atoms with E-state index in [1.807, 2.05) is 37.3 Å². The summed E-state index contributed by atoms with van der Waals surface area (Å²) in [7, 11) is 0. The van der Waals surface area contributed by atoms with Gasteiger partial charge in [-0.2, -0.15) is 0 Å². The number of fused-ring (bicyclic) bond motifs is 2. The third-order valence-corrected chi connectivity index (χ3v) is 7.19. The van der Waals surface area contributed by atoms with Crippen LogP contribution in [0.25, 0.3) is 10.8 Å². The molecule has 4 aromatic rings. The lowest BCUT2D eigenvalue weighted by Crippen LogP contribution is -2.31. The second-order valence-corrected chi connectivity index (χ2v) is 9.48. The van der Waals surface area contributed by atoms with E-state index < -0.39 is 5.97 Å². The first-order chi connectivity index (χ1) is 17.0. The molecule has 1 aliphatic heterocycles. The zero-order chi connectivity index (χ0) is 24.4. The first-order valence-electron chi connectivity index (χ1n) is 12.3. The normalized spacial score (nSPS) is 17.5. The molecule has 186 valence electrons. The van der Waals surface area contributed by atoms with Crippen molar-refractivity contribution in [3.63, 3.8) is 0 Å². The Labute approximate surface area is 218 Å². The number of hydrogen-bond acceptors (Lipinski definition) is 3. The number of hydrogen-bond donors (Lipinski definition) is 2. The Bertz CT molecular complexity index is 1360. The highest BCUT2D eigenvalue weighted by atomic mass is 35.5. The van der Waals surface area contributed by atoms with Crippen LogP contribution in [0.15, 0.2) is 84.9 Å². The highest BCUT2D eigenvalue weighted by Gasteiger charge is 2.29. The number of benzene rings is 4. The number of para-hydroxylation sites is 1. The summed E-state index contributed by atoms with van der Waals surface area (Å²) in [5.41, 5.74) is 4.61. The van der Waals surface area contributed by atoms with Gasteiger partial charge in [-0.1, -0.05) is 72.8 Å². The van der Waals surface area contributed by atoms with Crippen molar-refractivity contribution in [2.75, 3.05) is 6.54 Å². The number of rotatable bonds is 7. The van der Waals surface area contributed by atoms with Gasteiger partial charge in [0.25, 0.3) is 0 Å². The topological polar surface area (TPSA) is 58.6 Å². The lowest BCUT2D eigenvalue weighted by Gasteiger charge is -2.33. The molecule has 0 radical (unpaired) electrons. The molecule has 0 unspecified atom stereocenters. The molecule has 4 aromatic carbocycles. The van der Waals surface area contributed by atoms with Crippen LogP contribution in [-0.4, -0.2) is 23.7 Å². The number of aryl methyl sites for hydroxylation is 1. The third kappa shape index (κ3) is 5.25. The third-order valence-electron chi connectivity index (χ3n) is 7.19. The fourth-order valence-corrected chi connectivity index (χ4v) is 5.27. The molecular formula is C31H32ClNO3. The standard InChI is InChI=1S/C31H31NO3.ClH/c1-20-14-15-23(18-28(20)31(33)34)29-19-24(35-30-13-6-5-11-27(29)30)16-17-32-21(2)25-12-7-9-22-8-3-4-10-26(22)25;/h3-15,18,21,24,29,32H,16-17,19H2,1-2H3,(H,33,34);1H/t21-,24-,29-;/m1./s1. The van der Waals surface area contributed by atoms with Crippen molar-refractivity contribution in [3.8, 4) is 5.75 Å². The molecule has 36 heavy (non-hydrogen) atoms. The van der Waals surface area contributed by atoms with Crippen molar-refractivity contribution in [2.24, 2.45) is 0 Å². The summed E-state index contributed by atoms with van der Waals surface area (Å²) in [5.74, 6) is 0.125. The first-order valence-corrected chi connectivity index (χ1v) is 12.3.